The highest BCUT2D eigenvalue weighted by Gasteiger charge is 2.35. The molecule has 2 amide bonds. The lowest BCUT2D eigenvalue weighted by atomic mass is 10.0. The molecule has 0 unspecified atom stereocenters. The molecule has 1 aliphatic rings. The van der Waals surface area contributed by atoms with E-state index in [1.165, 1.54) is 4.90 Å². The summed E-state index contributed by atoms with van der Waals surface area (Å²) in [5.41, 5.74) is 3.51. The summed E-state index contributed by atoms with van der Waals surface area (Å²) < 4.78 is 1.84. The van der Waals surface area contributed by atoms with Crippen molar-refractivity contribution in [3.63, 3.8) is 0 Å². The molecule has 1 aliphatic heterocycles. The number of aryl methyl sites for hydroxylation is 2. The zero-order valence-electron chi connectivity index (χ0n) is 13.7. The van der Waals surface area contributed by atoms with Crippen LogP contribution in [-0.2, 0) is 16.6 Å². The fraction of sp³-hybridized carbons (Fsp3) is 0.167. The van der Waals surface area contributed by atoms with Crippen LogP contribution in [-0.4, -0.2) is 21.5 Å². The summed E-state index contributed by atoms with van der Waals surface area (Å²) in [7, 11) is 1.85. The summed E-state index contributed by atoms with van der Waals surface area (Å²) >= 11 is 5.23. The van der Waals surface area contributed by atoms with Crippen molar-refractivity contribution in [1.82, 2.24) is 9.88 Å². The van der Waals surface area contributed by atoms with Crippen LogP contribution in [0.15, 0.2) is 42.1 Å². The zero-order chi connectivity index (χ0) is 17.4. The summed E-state index contributed by atoms with van der Waals surface area (Å²) in [6.07, 6.45) is 3.43. The summed E-state index contributed by atoms with van der Waals surface area (Å²) in [5.74, 6) is -0.897. The van der Waals surface area contributed by atoms with E-state index in [2.05, 4.69) is 5.32 Å². The number of benzene rings is 1. The molecule has 6 heteroatoms. The van der Waals surface area contributed by atoms with Gasteiger partial charge in [-0.15, -0.1) is 0 Å². The fourth-order valence-corrected chi connectivity index (χ4v) is 2.90. The van der Waals surface area contributed by atoms with Gasteiger partial charge in [0.2, 0.25) is 0 Å². The van der Waals surface area contributed by atoms with Gasteiger partial charge >= 0.3 is 0 Å². The number of carbonyl (C=O) groups excluding carboxylic acids is 2. The number of carbonyl (C=O) groups is 2. The Hall–Kier alpha value is -2.73. The van der Waals surface area contributed by atoms with Gasteiger partial charge in [-0.25, -0.2) is 0 Å². The van der Waals surface area contributed by atoms with E-state index in [1.54, 1.807) is 6.08 Å². The van der Waals surface area contributed by atoms with Crippen LogP contribution in [0.4, 0.5) is 5.69 Å². The van der Waals surface area contributed by atoms with Gasteiger partial charge < -0.3 is 4.57 Å². The molecule has 2 heterocycles. The van der Waals surface area contributed by atoms with Gasteiger partial charge in [-0.3, -0.25) is 19.8 Å². The average Bonchev–Trinajstić information content (AvgIpc) is 2.93. The second-order valence-corrected chi connectivity index (χ2v) is 6.11. The molecule has 3 rings (SSSR count). The number of hydrogen-bond acceptors (Lipinski definition) is 3. The van der Waals surface area contributed by atoms with Gasteiger partial charge in [-0.1, -0.05) is 12.1 Å². The van der Waals surface area contributed by atoms with Crippen molar-refractivity contribution in [1.29, 1.82) is 0 Å². The van der Waals surface area contributed by atoms with Crippen LogP contribution in [0, 0.1) is 13.8 Å². The lowest BCUT2D eigenvalue weighted by molar-refractivity contribution is -0.122. The van der Waals surface area contributed by atoms with Crippen molar-refractivity contribution in [2.24, 2.45) is 7.05 Å². The highest BCUT2D eigenvalue weighted by Crippen LogP contribution is 2.27. The Morgan fingerprint density at radius 2 is 1.88 bits per heavy atom. The van der Waals surface area contributed by atoms with E-state index in [9.17, 15) is 9.59 Å². The molecular formula is C18H17N3O2S. The van der Waals surface area contributed by atoms with Crippen molar-refractivity contribution < 1.29 is 9.59 Å². The van der Waals surface area contributed by atoms with Crippen LogP contribution in [0.5, 0.6) is 0 Å². The van der Waals surface area contributed by atoms with Gasteiger partial charge in [0.25, 0.3) is 11.8 Å². The molecule has 0 saturated carbocycles. The minimum atomic E-state index is -0.479. The maximum Gasteiger partial charge on any atom is 0.270 e. The number of hydrogen-bond donors (Lipinski definition) is 1. The van der Waals surface area contributed by atoms with Crippen molar-refractivity contribution in [3.05, 3.63) is 58.9 Å². The predicted octanol–water partition coefficient (Wildman–Crippen LogP) is 2.47. The van der Waals surface area contributed by atoms with Gasteiger partial charge in [0, 0.05) is 18.9 Å². The zero-order valence-corrected chi connectivity index (χ0v) is 14.5. The molecule has 5 nitrogen and oxygen atoms in total. The largest absolute Gasteiger partial charge is 0.351 e. The number of nitrogens with zero attached hydrogens (tertiary/aromatic N) is 2. The fourth-order valence-electron chi connectivity index (χ4n) is 2.63. The topological polar surface area (TPSA) is 54.3 Å². The summed E-state index contributed by atoms with van der Waals surface area (Å²) in [5, 5.41) is 2.71. The number of anilines is 1. The van der Waals surface area contributed by atoms with Gasteiger partial charge in [0.1, 0.15) is 5.57 Å². The van der Waals surface area contributed by atoms with Crippen LogP contribution in [0.2, 0.25) is 0 Å². The van der Waals surface area contributed by atoms with Gasteiger partial charge in [0.05, 0.1) is 5.69 Å². The maximum absolute atomic E-state index is 12.9. The Bertz CT molecular complexity index is 895. The first-order chi connectivity index (χ1) is 11.4. The monoisotopic (exact) mass is 339 g/mol. The molecular weight excluding hydrogens is 322 g/mol. The Balaban J connectivity index is 2.09. The quantitative estimate of drug-likeness (QED) is 0.519. The van der Waals surface area contributed by atoms with E-state index in [-0.39, 0.29) is 10.7 Å². The van der Waals surface area contributed by atoms with Crippen molar-refractivity contribution in [2.75, 3.05) is 4.90 Å². The van der Waals surface area contributed by atoms with Gasteiger partial charge in [0.15, 0.2) is 5.11 Å². The molecule has 0 radical (unpaired) electrons. The van der Waals surface area contributed by atoms with E-state index in [1.807, 2.05) is 62.0 Å². The summed E-state index contributed by atoms with van der Waals surface area (Å²) in [6, 6.07) is 9.35. The molecule has 0 spiro atoms. The average molecular weight is 339 g/mol. The second-order valence-electron chi connectivity index (χ2n) is 5.72. The molecule has 1 saturated heterocycles. The molecule has 1 fully saturated rings. The Morgan fingerprint density at radius 3 is 2.54 bits per heavy atom. The number of aromatic nitrogens is 1. The van der Waals surface area contributed by atoms with Crippen LogP contribution in [0.3, 0.4) is 0 Å². The minimum absolute atomic E-state index is 0.0614. The first-order valence-electron chi connectivity index (χ1n) is 7.49. The van der Waals surface area contributed by atoms with Gasteiger partial charge in [-0.05, 0) is 61.5 Å². The summed E-state index contributed by atoms with van der Waals surface area (Å²) in [6.45, 7) is 3.90. The molecule has 122 valence electrons. The number of amides is 2. The molecule has 24 heavy (non-hydrogen) atoms. The van der Waals surface area contributed by atoms with E-state index in [4.69, 9.17) is 12.2 Å². The number of rotatable bonds is 2. The summed E-state index contributed by atoms with van der Waals surface area (Å²) in [4.78, 5) is 26.6. The lowest BCUT2D eigenvalue weighted by Gasteiger charge is -2.30. The van der Waals surface area contributed by atoms with E-state index < -0.39 is 11.8 Å². The Morgan fingerprint density at radius 1 is 1.12 bits per heavy atom. The second kappa shape index (κ2) is 6.05. The lowest BCUT2D eigenvalue weighted by Crippen LogP contribution is -2.54. The third-order valence-corrected chi connectivity index (χ3v) is 4.48. The third kappa shape index (κ3) is 2.65. The van der Waals surface area contributed by atoms with Crippen molar-refractivity contribution in [2.45, 2.75) is 13.8 Å². The van der Waals surface area contributed by atoms with Crippen LogP contribution in [0.25, 0.3) is 6.08 Å². The first-order valence-corrected chi connectivity index (χ1v) is 7.90. The number of thiocarbonyl (C=S) groups is 1. The van der Waals surface area contributed by atoms with Crippen LogP contribution < -0.4 is 10.2 Å². The molecule has 0 aliphatic carbocycles. The van der Waals surface area contributed by atoms with E-state index >= 15 is 0 Å². The van der Waals surface area contributed by atoms with Crippen LogP contribution >= 0.6 is 12.2 Å². The van der Waals surface area contributed by atoms with Crippen LogP contribution in [0.1, 0.15) is 16.8 Å². The number of nitrogens with one attached hydrogen (secondary N) is 1. The standard InChI is InChI=1S/C18H17N3O2S/c1-11-6-4-8-15(12(11)2)21-17(23)14(16(22)19-18(21)24)10-13-7-5-9-20(13)3/h4-10H,1-3H3,(H,19,22,24)/b14-10+. The maximum atomic E-state index is 12.9. The van der Waals surface area contributed by atoms with Crippen molar-refractivity contribution in [3.8, 4) is 0 Å². The molecule has 1 aromatic heterocycles. The Labute approximate surface area is 145 Å². The van der Waals surface area contributed by atoms with E-state index in [0.29, 0.717) is 5.69 Å². The minimum Gasteiger partial charge on any atom is -0.351 e. The molecule has 1 aromatic carbocycles. The third-order valence-electron chi connectivity index (χ3n) is 4.19. The van der Waals surface area contributed by atoms with Gasteiger partial charge in [-0.2, -0.15) is 0 Å². The highest BCUT2D eigenvalue weighted by molar-refractivity contribution is 7.80. The highest BCUT2D eigenvalue weighted by atomic mass is 32.1. The Kier molecular flexibility index (Phi) is 4.07. The molecule has 1 N–H and O–H groups in total. The molecule has 0 bridgehead atoms. The molecule has 2 aromatic rings. The van der Waals surface area contributed by atoms with E-state index in [0.717, 1.165) is 16.8 Å². The first kappa shape index (κ1) is 16.1. The SMILES string of the molecule is Cc1cccc(N2C(=O)/C(=C/c3cccn3C)C(=O)NC2=S)c1C. The predicted molar refractivity (Wildman–Crippen MR) is 97.5 cm³/mol. The molecule has 0 atom stereocenters. The smallest absolute Gasteiger partial charge is 0.270 e. The normalized spacial score (nSPS) is 16.7. The van der Waals surface area contributed by atoms with Crippen molar-refractivity contribution >= 4 is 40.9 Å².